The first-order chi connectivity index (χ1) is 16.3. The summed E-state index contributed by atoms with van der Waals surface area (Å²) in [7, 11) is 0. The molecule has 1 atom stereocenters. The zero-order valence-corrected chi connectivity index (χ0v) is 20.9. The van der Waals surface area contributed by atoms with Crippen LogP contribution in [0.15, 0.2) is 58.7 Å². The number of hydrogen-bond acceptors (Lipinski definition) is 6. The molecule has 7 heteroatoms. The molecular weight excluding hydrogens is 446 g/mol. The average molecular weight is 478 g/mol. The van der Waals surface area contributed by atoms with Crippen LogP contribution < -0.4 is 10.3 Å². The fourth-order valence-corrected chi connectivity index (χ4v) is 4.86. The minimum absolute atomic E-state index is 0.135. The first kappa shape index (κ1) is 24.1. The zero-order chi connectivity index (χ0) is 24.2. The number of aliphatic hydroxyl groups is 1. The molecule has 4 aromatic rings. The van der Waals surface area contributed by atoms with Gasteiger partial charge in [0.1, 0.15) is 29.1 Å². The number of aromatic nitrogens is 2. The van der Waals surface area contributed by atoms with Gasteiger partial charge >= 0.3 is 0 Å². The van der Waals surface area contributed by atoms with E-state index < -0.39 is 6.10 Å². The molecule has 0 bridgehead atoms. The maximum atomic E-state index is 13.0. The Kier molecular flexibility index (Phi) is 7.46. The highest BCUT2D eigenvalue weighted by Crippen LogP contribution is 2.31. The summed E-state index contributed by atoms with van der Waals surface area (Å²) < 4.78 is 5.81. The lowest BCUT2D eigenvalue weighted by Crippen LogP contribution is -2.40. The maximum absolute atomic E-state index is 13.0. The number of nitrogens with one attached hydrogen (secondary N) is 1. The van der Waals surface area contributed by atoms with Gasteiger partial charge in [0.25, 0.3) is 5.56 Å². The van der Waals surface area contributed by atoms with E-state index in [1.807, 2.05) is 67.8 Å². The van der Waals surface area contributed by atoms with Gasteiger partial charge in [-0.25, -0.2) is 4.98 Å². The highest BCUT2D eigenvalue weighted by molar-refractivity contribution is 7.17. The number of para-hydroxylation sites is 1. The molecule has 4 rings (SSSR count). The smallest absolute Gasteiger partial charge is 0.260 e. The Balaban J connectivity index is 1.48. The van der Waals surface area contributed by atoms with E-state index in [0.717, 1.165) is 27.3 Å². The van der Waals surface area contributed by atoms with Gasteiger partial charge in [0.05, 0.1) is 11.9 Å². The number of aryl methyl sites for hydroxylation is 2. The summed E-state index contributed by atoms with van der Waals surface area (Å²) in [5.41, 5.74) is 4.00. The molecule has 2 aromatic heterocycles. The molecule has 0 saturated heterocycles. The Hall–Kier alpha value is -3.00. The van der Waals surface area contributed by atoms with E-state index in [2.05, 4.69) is 23.7 Å². The SMILES string of the molecule is Cc1ccc(-c2csc3nc(CN(CC(O)COc4ccccc4C)C(C)C)[nH]c(=O)c23)cc1. The van der Waals surface area contributed by atoms with E-state index in [1.54, 1.807) is 0 Å². The summed E-state index contributed by atoms with van der Waals surface area (Å²) in [6, 6.07) is 16.1. The van der Waals surface area contributed by atoms with Crippen molar-refractivity contribution in [2.75, 3.05) is 13.2 Å². The lowest BCUT2D eigenvalue weighted by Gasteiger charge is -2.28. The highest BCUT2D eigenvalue weighted by atomic mass is 32.1. The molecule has 0 amide bonds. The Morgan fingerprint density at radius 2 is 1.85 bits per heavy atom. The molecule has 6 nitrogen and oxygen atoms in total. The summed E-state index contributed by atoms with van der Waals surface area (Å²) >= 11 is 1.48. The number of nitrogens with zero attached hydrogens (tertiary/aromatic N) is 2. The summed E-state index contributed by atoms with van der Waals surface area (Å²) in [5.74, 6) is 1.37. The van der Waals surface area contributed by atoms with Crippen LogP contribution in [0.4, 0.5) is 0 Å². The van der Waals surface area contributed by atoms with Crippen molar-refractivity contribution in [2.24, 2.45) is 0 Å². The van der Waals surface area contributed by atoms with Crippen LogP contribution in [0.25, 0.3) is 21.3 Å². The molecular formula is C27H31N3O3S. The number of thiophene rings is 1. The van der Waals surface area contributed by atoms with Crippen molar-refractivity contribution in [3.8, 4) is 16.9 Å². The largest absolute Gasteiger partial charge is 0.491 e. The van der Waals surface area contributed by atoms with Gasteiger partial charge in [-0.05, 0) is 44.9 Å². The van der Waals surface area contributed by atoms with Gasteiger partial charge in [-0.1, -0.05) is 48.0 Å². The van der Waals surface area contributed by atoms with Gasteiger partial charge in [0.15, 0.2) is 0 Å². The Bertz CT molecular complexity index is 1310. The molecule has 0 aliphatic heterocycles. The van der Waals surface area contributed by atoms with Crippen LogP contribution in [-0.2, 0) is 6.54 Å². The Labute approximate surface area is 203 Å². The molecule has 0 aliphatic carbocycles. The van der Waals surface area contributed by atoms with E-state index in [4.69, 9.17) is 9.72 Å². The molecule has 0 fully saturated rings. The van der Waals surface area contributed by atoms with E-state index in [1.165, 1.54) is 16.9 Å². The lowest BCUT2D eigenvalue weighted by atomic mass is 10.1. The third kappa shape index (κ3) is 5.55. The third-order valence-electron chi connectivity index (χ3n) is 5.91. The topological polar surface area (TPSA) is 78.5 Å². The van der Waals surface area contributed by atoms with Crippen molar-refractivity contribution in [3.05, 3.63) is 81.2 Å². The Morgan fingerprint density at radius 3 is 2.56 bits per heavy atom. The van der Waals surface area contributed by atoms with E-state index in [9.17, 15) is 9.90 Å². The molecule has 0 radical (unpaired) electrons. The minimum Gasteiger partial charge on any atom is -0.491 e. The number of benzene rings is 2. The van der Waals surface area contributed by atoms with Crippen molar-refractivity contribution in [1.82, 2.24) is 14.9 Å². The molecule has 0 spiro atoms. The van der Waals surface area contributed by atoms with Gasteiger partial charge in [-0.15, -0.1) is 11.3 Å². The third-order valence-corrected chi connectivity index (χ3v) is 6.78. The monoisotopic (exact) mass is 477 g/mol. The van der Waals surface area contributed by atoms with Gasteiger partial charge in [0.2, 0.25) is 0 Å². The summed E-state index contributed by atoms with van der Waals surface area (Å²) in [4.78, 5) is 23.5. The molecule has 2 N–H and O–H groups in total. The normalized spacial score (nSPS) is 12.6. The van der Waals surface area contributed by atoms with E-state index in [-0.39, 0.29) is 18.2 Å². The fraction of sp³-hybridized carbons (Fsp3) is 0.333. The molecule has 34 heavy (non-hydrogen) atoms. The van der Waals surface area contributed by atoms with Crippen molar-refractivity contribution >= 4 is 21.6 Å². The first-order valence-corrected chi connectivity index (χ1v) is 12.4. The second-order valence-electron chi connectivity index (χ2n) is 8.96. The molecule has 1 unspecified atom stereocenters. The van der Waals surface area contributed by atoms with Crippen LogP contribution in [0, 0.1) is 13.8 Å². The predicted molar refractivity (Wildman–Crippen MR) is 139 cm³/mol. The van der Waals surface area contributed by atoms with Crippen LogP contribution >= 0.6 is 11.3 Å². The van der Waals surface area contributed by atoms with Crippen LogP contribution in [0.2, 0.25) is 0 Å². The second-order valence-corrected chi connectivity index (χ2v) is 9.82. The van der Waals surface area contributed by atoms with Gasteiger partial charge < -0.3 is 14.8 Å². The van der Waals surface area contributed by atoms with E-state index >= 15 is 0 Å². The van der Waals surface area contributed by atoms with Crippen molar-refractivity contribution in [3.63, 3.8) is 0 Å². The molecule has 0 saturated carbocycles. The van der Waals surface area contributed by atoms with Gasteiger partial charge in [-0.3, -0.25) is 9.69 Å². The molecule has 2 aromatic carbocycles. The summed E-state index contributed by atoms with van der Waals surface area (Å²) in [6.07, 6.45) is -0.674. The van der Waals surface area contributed by atoms with Crippen molar-refractivity contribution in [1.29, 1.82) is 0 Å². The Morgan fingerprint density at radius 1 is 1.12 bits per heavy atom. The first-order valence-electron chi connectivity index (χ1n) is 11.5. The molecule has 2 heterocycles. The minimum atomic E-state index is -0.674. The highest BCUT2D eigenvalue weighted by Gasteiger charge is 2.19. The maximum Gasteiger partial charge on any atom is 0.260 e. The predicted octanol–water partition coefficient (Wildman–Crippen LogP) is 4.92. The summed E-state index contributed by atoms with van der Waals surface area (Å²) in [5, 5.41) is 13.2. The number of rotatable bonds is 9. The number of aromatic amines is 1. The zero-order valence-electron chi connectivity index (χ0n) is 20.0. The van der Waals surface area contributed by atoms with Crippen LogP contribution in [-0.4, -0.2) is 45.3 Å². The fourth-order valence-electron chi connectivity index (χ4n) is 3.89. The van der Waals surface area contributed by atoms with Crippen molar-refractivity contribution in [2.45, 2.75) is 46.4 Å². The van der Waals surface area contributed by atoms with Crippen LogP contribution in [0.5, 0.6) is 5.75 Å². The second kappa shape index (κ2) is 10.5. The lowest BCUT2D eigenvalue weighted by molar-refractivity contribution is 0.0531. The number of H-pyrrole nitrogens is 1. The van der Waals surface area contributed by atoms with Gasteiger partial charge in [0, 0.05) is 23.5 Å². The number of aliphatic hydroxyl groups excluding tert-OH is 1. The number of fused-ring (bicyclic) bond motifs is 1. The number of ether oxygens (including phenoxy) is 1. The van der Waals surface area contributed by atoms with Crippen molar-refractivity contribution < 1.29 is 9.84 Å². The molecule has 0 aliphatic rings. The quantitative estimate of drug-likeness (QED) is 0.358. The summed E-state index contributed by atoms with van der Waals surface area (Å²) in [6.45, 7) is 9.18. The standard InChI is InChI=1S/C27H31N3O3S/c1-17(2)30(13-21(31)15-33-23-8-6-5-7-19(23)4)14-24-28-26(32)25-22(16-34-27(25)29-24)20-11-9-18(3)10-12-20/h5-12,16-17,21,31H,13-15H2,1-4H3,(H,28,29,32). The number of hydrogen-bond donors (Lipinski definition) is 2. The van der Waals surface area contributed by atoms with Gasteiger partial charge in [-0.2, -0.15) is 0 Å². The average Bonchev–Trinajstić information content (AvgIpc) is 3.23. The van der Waals surface area contributed by atoms with E-state index in [0.29, 0.717) is 24.3 Å². The van der Waals surface area contributed by atoms with Crippen LogP contribution in [0.1, 0.15) is 30.8 Å². The van der Waals surface area contributed by atoms with Crippen LogP contribution in [0.3, 0.4) is 0 Å². The molecule has 178 valence electrons.